The van der Waals surface area contributed by atoms with Gasteiger partial charge in [-0.25, -0.2) is 0 Å². The second kappa shape index (κ2) is 13.1. The minimum Gasteiger partial charge on any atom is -0.508 e. The van der Waals surface area contributed by atoms with Crippen LogP contribution < -0.4 is 4.74 Å². The Morgan fingerprint density at radius 2 is 1.79 bits per heavy atom. The van der Waals surface area contributed by atoms with Crippen LogP contribution in [-0.4, -0.2) is 57.9 Å². The van der Waals surface area contributed by atoms with Crippen molar-refractivity contribution in [2.24, 2.45) is 17.8 Å². The van der Waals surface area contributed by atoms with E-state index in [1.807, 2.05) is 49.4 Å². The number of imide groups is 1. The maximum absolute atomic E-state index is 13.3. The predicted octanol–water partition coefficient (Wildman–Crippen LogP) is 4.73. The van der Waals surface area contributed by atoms with E-state index >= 15 is 0 Å². The van der Waals surface area contributed by atoms with Gasteiger partial charge in [0.2, 0.25) is 11.8 Å². The summed E-state index contributed by atoms with van der Waals surface area (Å²) in [6.07, 6.45) is 3.99. The summed E-state index contributed by atoms with van der Waals surface area (Å²) in [5.74, 6) is -1.42. The average molecular weight is 534 g/mol. The number of hydrogen-bond acceptors (Lipinski definition) is 6. The molecule has 2 amide bonds. The van der Waals surface area contributed by atoms with Crippen LogP contribution in [-0.2, 0) is 9.59 Å². The fourth-order valence-corrected chi connectivity index (χ4v) is 5.92. The van der Waals surface area contributed by atoms with Crippen molar-refractivity contribution in [3.8, 4) is 11.5 Å². The van der Waals surface area contributed by atoms with Gasteiger partial charge in [0, 0.05) is 12.5 Å². The third kappa shape index (κ3) is 6.43. The minimum absolute atomic E-state index is 0.176. The number of amides is 2. The molecule has 4 atom stereocenters. The molecule has 3 N–H and O–H groups in total. The monoisotopic (exact) mass is 533 g/mol. The lowest BCUT2D eigenvalue weighted by Gasteiger charge is -2.36. The molecule has 4 rings (SSSR count). The summed E-state index contributed by atoms with van der Waals surface area (Å²) in [4.78, 5) is 27.9. The van der Waals surface area contributed by atoms with Crippen LogP contribution in [0.5, 0.6) is 11.5 Å². The number of hydrogen-bond donors (Lipinski definition) is 3. The number of phenolic OH excluding ortho intramolecular Hbond substituents is 1. The standard InChI is InChI=1S/C32H39NO6/c1-3-16-33-31(37)26-18-23(20-39-25-8-6-5-7-9-25)29(27(19-34)30(26)32(33)38)28(36)15-12-21(4-2)17-22-10-13-24(35)14-11-22/h5-11,13-14,17,26-28,30,34-36H,3-4,12,15-16,18-20H2,1-2H3/b21-17+/t26-,27+,28-,30-/m1/s1. The largest absolute Gasteiger partial charge is 0.508 e. The molecule has 0 radical (unpaired) electrons. The Bertz CT molecular complexity index is 1200. The van der Waals surface area contributed by atoms with E-state index in [-0.39, 0.29) is 30.8 Å². The molecular weight excluding hydrogens is 494 g/mol. The first-order chi connectivity index (χ1) is 18.9. The van der Waals surface area contributed by atoms with Crippen LogP contribution in [0.1, 0.15) is 51.5 Å². The number of para-hydroxylation sites is 1. The molecular formula is C32H39NO6. The van der Waals surface area contributed by atoms with Crippen LogP contribution in [0.2, 0.25) is 0 Å². The van der Waals surface area contributed by atoms with Gasteiger partial charge in [0.1, 0.15) is 18.1 Å². The lowest BCUT2D eigenvalue weighted by Crippen LogP contribution is -2.40. The molecule has 7 heteroatoms. The lowest BCUT2D eigenvalue weighted by atomic mass is 9.68. The molecule has 208 valence electrons. The highest BCUT2D eigenvalue weighted by Crippen LogP contribution is 2.46. The van der Waals surface area contributed by atoms with Crippen molar-refractivity contribution in [2.45, 2.75) is 52.1 Å². The van der Waals surface area contributed by atoms with Crippen molar-refractivity contribution in [2.75, 3.05) is 19.8 Å². The Balaban J connectivity index is 1.61. The zero-order valence-electron chi connectivity index (χ0n) is 22.8. The zero-order chi connectivity index (χ0) is 27.9. The summed E-state index contributed by atoms with van der Waals surface area (Å²) >= 11 is 0. The fraction of sp³-hybridized carbons (Fsp3) is 0.438. The van der Waals surface area contributed by atoms with Crippen molar-refractivity contribution < 1.29 is 29.6 Å². The molecule has 2 aromatic rings. The molecule has 7 nitrogen and oxygen atoms in total. The van der Waals surface area contributed by atoms with E-state index in [0.717, 1.165) is 23.1 Å². The van der Waals surface area contributed by atoms with Gasteiger partial charge in [-0.15, -0.1) is 0 Å². The van der Waals surface area contributed by atoms with Crippen LogP contribution in [0.3, 0.4) is 0 Å². The third-order valence-electron chi connectivity index (χ3n) is 7.89. The topological polar surface area (TPSA) is 107 Å². The number of ether oxygens (including phenoxy) is 1. The molecule has 0 bridgehead atoms. The second-order valence-corrected chi connectivity index (χ2v) is 10.4. The van der Waals surface area contributed by atoms with Crippen molar-refractivity contribution in [1.29, 1.82) is 0 Å². The lowest BCUT2D eigenvalue weighted by molar-refractivity contribution is -0.140. The SMILES string of the molecule is CCCN1C(=O)[C@@H]2[C@@H](CC(COc3ccccc3)=C([C@H](O)CC/C(=C/c3ccc(O)cc3)CC)[C@@H]2CO)C1=O. The Kier molecular flexibility index (Phi) is 9.59. The number of phenols is 1. The number of carbonyl (C=O) groups excluding carboxylic acids is 2. The van der Waals surface area contributed by atoms with Gasteiger partial charge in [0.15, 0.2) is 0 Å². The van der Waals surface area contributed by atoms with Crippen molar-refractivity contribution in [1.82, 2.24) is 4.90 Å². The van der Waals surface area contributed by atoms with Crippen molar-refractivity contribution in [3.63, 3.8) is 0 Å². The minimum atomic E-state index is -0.893. The smallest absolute Gasteiger partial charge is 0.233 e. The second-order valence-electron chi connectivity index (χ2n) is 10.4. The average Bonchev–Trinajstić information content (AvgIpc) is 3.19. The number of benzene rings is 2. The van der Waals surface area contributed by atoms with Gasteiger partial charge < -0.3 is 20.1 Å². The first kappa shape index (κ1) is 28.6. The highest BCUT2D eigenvalue weighted by Gasteiger charge is 2.54. The van der Waals surface area contributed by atoms with Crippen LogP contribution in [0, 0.1) is 17.8 Å². The number of aromatic hydroxyl groups is 1. The van der Waals surface area contributed by atoms with Crippen LogP contribution in [0.25, 0.3) is 6.08 Å². The number of aliphatic hydroxyl groups is 2. The van der Waals surface area contributed by atoms with E-state index in [1.165, 1.54) is 4.90 Å². The third-order valence-corrected chi connectivity index (χ3v) is 7.89. The summed E-state index contributed by atoms with van der Waals surface area (Å²) < 4.78 is 6.05. The zero-order valence-corrected chi connectivity index (χ0v) is 22.8. The normalized spacial score (nSPS) is 22.3. The van der Waals surface area contributed by atoms with Gasteiger partial charge in [-0.05, 0) is 73.1 Å². The van der Waals surface area contributed by atoms with Gasteiger partial charge in [0.05, 0.1) is 24.5 Å². The maximum Gasteiger partial charge on any atom is 0.233 e. The summed E-state index contributed by atoms with van der Waals surface area (Å²) in [5.41, 5.74) is 3.52. The molecule has 0 spiro atoms. The quantitative estimate of drug-likeness (QED) is 0.269. The van der Waals surface area contributed by atoms with E-state index in [0.29, 0.717) is 43.6 Å². The number of likely N-dealkylation sites (tertiary alicyclic amines) is 1. The van der Waals surface area contributed by atoms with Crippen LogP contribution in [0.15, 0.2) is 71.3 Å². The van der Waals surface area contributed by atoms with Crippen molar-refractivity contribution >= 4 is 17.9 Å². The maximum atomic E-state index is 13.3. The van der Waals surface area contributed by atoms with E-state index in [1.54, 1.807) is 12.1 Å². The first-order valence-corrected chi connectivity index (χ1v) is 13.9. The van der Waals surface area contributed by atoms with E-state index in [4.69, 9.17) is 4.74 Å². The molecule has 1 fully saturated rings. The molecule has 0 aromatic heterocycles. The number of fused-ring (bicyclic) bond motifs is 1. The van der Waals surface area contributed by atoms with Gasteiger partial charge in [-0.3, -0.25) is 14.5 Å². The van der Waals surface area contributed by atoms with E-state index in [2.05, 4.69) is 13.0 Å². The molecule has 0 saturated carbocycles. The Hall–Kier alpha value is -3.42. The van der Waals surface area contributed by atoms with E-state index < -0.39 is 23.9 Å². The van der Waals surface area contributed by atoms with Gasteiger partial charge in [-0.2, -0.15) is 0 Å². The number of allylic oxidation sites excluding steroid dienone is 1. The fourth-order valence-electron chi connectivity index (χ4n) is 5.92. The Labute approximate surface area is 230 Å². The van der Waals surface area contributed by atoms with E-state index in [9.17, 15) is 24.9 Å². The molecule has 39 heavy (non-hydrogen) atoms. The number of rotatable bonds is 12. The summed E-state index contributed by atoms with van der Waals surface area (Å²) in [6.45, 7) is 4.19. The molecule has 1 heterocycles. The predicted molar refractivity (Wildman–Crippen MR) is 150 cm³/mol. The van der Waals surface area contributed by atoms with Crippen LogP contribution >= 0.6 is 0 Å². The summed E-state index contributed by atoms with van der Waals surface area (Å²) in [7, 11) is 0. The van der Waals surface area contributed by atoms with Gasteiger partial charge >= 0.3 is 0 Å². The number of aliphatic hydroxyl groups excluding tert-OH is 2. The Morgan fingerprint density at radius 3 is 2.44 bits per heavy atom. The Morgan fingerprint density at radius 1 is 1.08 bits per heavy atom. The molecule has 2 aromatic carbocycles. The summed E-state index contributed by atoms with van der Waals surface area (Å²) in [5, 5.41) is 31.6. The molecule has 1 aliphatic heterocycles. The van der Waals surface area contributed by atoms with Gasteiger partial charge in [0.25, 0.3) is 0 Å². The van der Waals surface area contributed by atoms with Crippen LogP contribution in [0.4, 0.5) is 0 Å². The first-order valence-electron chi connectivity index (χ1n) is 13.9. The molecule has 1 aliphatic carbocycles. The van der Waals surface area contributed by atoms with Crippen molar-refractivity contribution in [3.05, 3.63) is 76.9 Å². The highest BCUT2D eigenvalue weighted by atomic mass is 16.5. The van der Waals surface area contributed by atoms with Gasteiger partial charge in [-0.1, -0.05) is 55.8 Å². The number of nitrogens with zero attached hydrogens (tertiary/aromatic N) is 1. The number of carbonyl (C=O) groups is 2. The highest BCUT2D eigenvalue weighted by molar-refractivity contribution is 6.05. The molecule has 1 saturated heterocycles. The molecule has 2 aliphatic rings. The molecule has 0 unspecified atom stereocenters. The summed E-state index contributed by atoms with van der Waals surface area (Å²) in [6, 6.07) is 16.3.